The largest absolute Gasteiger partial charge is 0.507 e. The molecule has 1 N–H and O–H groups in total. The minimum absolute atomic E-state index is 0.0100. The number of aliphatic hydroxyl groups is 1. The SMILES string of the molecule is COc1cc(C2/C(=C(/O)c3ccc4c(c3)CC(C)O4)C(=O)C(=O)N2Cc2cccnc2)ccc1OCc1ccccc1. The van der Waals surface area contributed by atoms with E-state index < -0.39 is 17.7 Å². The Bertz CT molecular complexity index is 1670. The molecule has 42 heavy (non-hydrogen) atoms. The second-order valence-electron chi connectivity index (χ2n) is 10.4. The normalized spacial score (nSPS) is 19.0. The van der Waals surface area contributed by atoms with Gasteiger partial charge in [0.1, 0.15) is 24.2 Å². The third-order valence-electron chi connectivity index (χ3n) is 7.53. The van der Waals surface area contributed by atoms with Crippen molar-refractivity contribution in [2.45, 2.75) is 38.6 Å². The lowest BCUT2D eigenvalue weighted by atomic mass is 9.94. The molecule has 3 aromatic carbocycles. The fourth-order valence-electron chi connectivity index (χ4n) is 5.51. The van der Waals surface area contributed by atoms with Gasteiger partial charge in [0.25, 0.3) is 11.7 Å². The van der Waals surface area contributed by atoms with Crippen molar-refractivity contribution >= 4 is 17.4 Å². The number of nitrogens with zero attached hydrogens (tertiary/aromatic N) is 2. The van der Waals surface area contributed by atoms with Crippen LogP contribution in [0.25, 0.3) is 5.76 Å². The van der Waals surface area contributed by atoms with Gasteiger partial charge in [-0.25, -0.2) is 0 Å². The molecule has 8 heteroatoms. The maximum atomic E-state index is 13.6. The molecule has 8 nitrogen and oxygen atoms in total. The molecule has 212 valence electrons. The first-order chi connectivity index (χ1) is 20.4. The van der Waals surface area contributed by atoms with Crippen molar-refractivity contribution in [2.24, 2.45) is 0 Å². The minimum atomic E-state index is -0.870. The maximum Gasteiger partial charge on any atom is 0.295 e. The maximum absolute atomic E-state index is 13.6. The number of amides is 1. The van der Waals surface area contributed by atoms with Crippen LogP contribution in [-0.4, -0.2) is 39.9 Å². The Morgan fingerprint density at radius 1 is 1.00 bits per heavy atom. The van der Waals surface area contributed by atoms with Gasteiger partial charge in [-0.05, 0) is 65.6 Å². The van der Waals surface area contributed by atoms with Crippen molar-refractivity contribution in [3.8, 4) is 17.2 Å². The molecular formula is C34H30N2O6. The summed E-state index contributed by atoms with van der Waals surface area (Å²) in [7, 11) is 1.54. The Morgan fingerprint density at radius 2 is 1.81 bits per heavy atom. The van der Waals surface area contributed by atoms with Crippen molar-refractivity contribution in [3.63, 3.8) is 0 Å². The van der Waals surface area contributed by atoms with Gasteiger partial charge in [0.15, 0.2) is 11.5 Å². The van der Waals surface area contributed by atoms with E-state index in [1.54, 1.807) is 48.8 Å². The molecule has 0 aliphatic carbocycles. The fourth-order valence-corrected chi connectivity index (χ4v) is 5.51. The molecule has 0 bridgehead atoms. The topological polar surface area (TPSA) is 98.2 Å². The van der Waals surface area contributed by atoms with Gasteiger partial charge in [0.05, 0.1) is 18.7 Å². The standard InChI is InChI=1S/C34H30N2O6/c1-21-15-26-16-25(11-12-27(26)42-21)32(37)30-31(36(34(39)33(30)38)19-23-9-6-14-35-18-23)24-10-13-28(29(17-24)40-2)41-20-22-7-4-3-5-8-22/h3-14,16-18,21,31,37H,15,19-20H2,1-2H3/b32-30-. The Morgan fingerprint density at radius 3 is 2.57 bits per heavy atom. The van der Waals surface area contributed by atoms with E-state index in [1.807, 2.05) is 49.4 Å². The highest BCUT2D eigenvalue weighted by Crippen LogP contribution is 2.43. The highest BCUT2D eigenvalue weighted by molar-refractivity contribution is 6.46. The smallest absolute Gasteiger partial charge is 0.295 e. The highest BCUT2D eigenvalue weighted by Gasteiger charge is 2.46. The number of methoxy groups -OCH3 is 1. The Kier molecular flexibility index (Phi) is 7.35. The second-order valence-corrected chi connectivity index (χ2v) is 10.4. The number of hydrogen-bond donors (Lipinski definition) is 1. The van der Waals surface area contributed by atoms with Gasteiger partial charge in [0.2, 0.25) is 0 Å². The van der Waals surface area contributed by atoms with E-state index >= 15 is 0 Å². The van der Waals surface area contributed by atoms with Gasteiger partial charge < -0.3 is 24.2 Å². The van der Waals surface area contributed by atoms with E-state index in [4.69, 9.17) is 14.2 Å². The number of rotatable bonds is 8. The average molecular weight is 563 g/mol. The molecule has 1 saturated heterocycles. The first kappa shape index (κ1) is 27.1. The molecule has 1 aromatic heterocycles. The summed E-state index contributed by atoms with van der Waals surface area (Å²) in [5, 5.41) is 11.6. The van der Waals surface area contributed by atoms with Gasteiger partial charge in [-0.15, -0.1) is 0 Å². The zero-order chi connectivity index (χ0) is 29.2. The molecule has 2 aliphatic rings. The quantitative estimate of drug-likeness (QED) is 0.169. The summed E-state index contributed by atoms with van der Waals surface area (Å²) in [6, 6.07) is 23.1. The van der Waals surface area contributed by atoms with E-state index in [0.717, 1.165) is 22.4 Å². The van der Waals surface area contributed by atoms with E-state index in [9.17, 15) is 14.7 Å². The van der Waals surface area contributed by atoms with E-state index in [-0.39, 0.29) is 24.0 Å². The molecule has 0 saturated carbocycles. The minimum Gasteiger partial charge on any atom is -0.507 e. The lowest BCUT2D eigenvalue weighted by Crippen LogP contribution is -2.29. The number of pyridine rings is 1. The van der Waals surface area contributed by atoms with Crippen LogP contribution in [0.1, 0.15) is 40.8 Å². The number of carbonyl (C=O) groups is 2. The summed E-state index contributed by atoms with van der Waals surface area (Å²) >= 11 is 0. The predicted molar refractivity (Wildman–Crippen MR) is 156 cm³/mol. The number of ketones is 1. The van der Waals surface area contributed by atoms with Crippen LogP contribution in [-0.2, 0) is 29.2 Å². The number of benzene rings is 3. The molecule has 1 fully saturated rings. The first-order valence-electron chi connectivity index (χ1n) is 13.7. The average Bonchev–Trinajstić information content (AvgIpc) is 3.51. The molecule has 0 spiro atoms. The van der Waals surface area contributed by atoms with E-state index in [2.05, 4.69) is 4.98 Å². The first-order valence-corrected chi connectivity index (χ1v) is 13.7. The fraction of sp³-hybridized carbons (Fsp3) is 0.206. The Labute approximate surface area is 243 Å². The molecule has 3 heterocycles. The van der Waals surface area contributed by atoms with Crippen LogP contribution < -0.4 is 14.2 Å². The molecule has 0 radical (unpaired) electrons. The number of carbonyl (C=O) groups excluding carboxylic acids is 2. The van der Waals surface area contributed by atoms with Crippen molar-refractivity contribution in [2.75, 3.05) is 7.11 Å². The van der Waals surface area contributed by atoms with Crippen LogP contribution in [0, 0.1) is 0 Å². The monoisotopic (exact) mass is 562 g/mol. The van der Waals surface area contributed by atoms with Crippen LogP contribution in [0.4, 0.5) is 0 Å². The van der Waals surface area contributed by atoms with Crippen molar-refractivity contribution < 1.29 is 28.9 Å². The van der Waals surface area contributed by atoms with E-state index in [1.165, 1.54) is 12.0 Å². The summed E-state index contributed by atoms with van der Waals surface area (Å²) in [4.78, 5) is 32.7. The zero-order valence-corrected chi connectivity index (χ0v) is 23.3. The molecule has 2 aliphatic heterocycles. The number of fused-ring (bicyclic) bond motifs is 1. The second kappa shape index (κ2) is 11.4. The summed E-state index contributed by atoms with van der Waals surface area (Å²) in [5.74, 6) is 0.0177. The summed E-state index contributed by atoms with van der Waals surface area (Å²) < 4.78 is 17.5. The van der Waals surface area contributed by atoms with E-state index in [0.29, 0.717) is 35.7 Å². The molecule has 2 atom stereocenters. The summed E-state index contributed by atoms with van der Waals surface area (Å²) in [6.45, 7) is 2.45. The van der Waals surface area contributed by atoms with Gasteiger partial charge in [-0.3, -0.25) is 14.6 Å². The van der Waals surface area contributed by atoms with Crippen LogP contribution in [0.5, 0.6) is 17.2 Å². The van der Waals surface area contributed by atoms with Crippen molar-refractivity contribution in [1.29, 1.82) is 0 Å². The highest BCUT2D eigenvalue weighted by atomic mass is 16.5. The van der Waals surface area contributed by atoms with Gasteiger partial charge in [0, 0.05) is 30.9 Å². The van der Waals surface area contributed by atoms with Crippen molar-refractivity contribution in [3.05, 3.63) is 125 Å². The predicted octanol–water partition coefficient (Wildman–Crippen LogP) is 5.61. The third kappa shape index (κ3) is 5.19. The Hall–Kier alpha value is -5.11. The van der Waals surface area contributed by atoms with Crippen LogP contribution in [0.2, 0.25) is 0 Å². The van der Waals surface area contributed by atoms with Gasteiger partial charge in [-0.2, -0.15) is 0 Å². The molecular weight excluding hydrogens is 532 g/mol. The van der Waals surface area contributed by atoms with Crippen LogP contribution in [0.3, 0.4) is 0 Å². The van der Waals surface area contributed by atoms with Crippen molar-refractivity contribution in [1.82, 2.24) is 9.88 Å². The summed E-state index contributed by atoms with van der Waals surface area (Å²) in [6.07, 6.45) is 4.01. The summed E-state index contributed by atoms with van der Waals surface area (Å²) in [5.41, 5.74) is 3.75. The van der Waals surface area contributed by atoms with Crippen LogP contribution >= 0.6 is 0 Å². The molecule has 1 amide bonds. The number of Topliss-reactive ketones (excluding diaryl/α,β-unsaturated/α-hetero) is 1. The zero-order valence-electron chi connectivity index (χ0n) is 23.3. The molecule has 6 rings (SSSR count). The van der Waals surface area contributed by atoms with Gasteiger partial charge >= 0.3 is 0 Å². The number of hydrogen-bond acceptors (Lipinski definition) is 7. The number of aliphatic hydroxyl groups excluding tert-OH is 1. The van der Waals surface area contributed by atoms with Crippen LogP contribution in [0.15, 0.2) is 96.8 Å². The lowest BCUT2D eigenvalue weighted by Gasteiger charge is -2.26. The van der Waals surface area contributed by atoms with Gasteiger partial charge in [-0.1, -0.05) is 42.5 Å². The molecule has 4 aromatic rings. The lowest BCUT2D eigenvalue weighted by molar-refractivity contribution is -0.140. The third-order valence-corrected chi connectivity index (χ3v) is 7.53. The number of likely N-dealkylation sites (tertiary alicyclic amines) is 1. The molecule has 2 unspecified atom stereocenters. The number of aromatic nitrogens is 1. The Balaban J connectivity index is 1.41. The number of ether oxygens (including phenoxy) is 3.